The largest absolute Gasteiger partial charge is 0.368 e. The van der Waals surface area contributed by atoms with Crippen LogP contribution in [0.15, 0.2) is 47.4 Å². The van der Waals surface area contributed by atoms with Crippen LogP contribution >= 0.6 is 23.2 Å². The van der Waals surface area contributed by atoms with Gasteiger partial charge in [0.05, 0.1) is 20.6 Å². The van der Waals surface area contributed by atoms with Crippen molar-refractivity contribution in [2.24, 2.45) is 5.73 Å². The minimum Gasteiger partial charge on any atom is -0.368 e. The summed E-state index contributed by atoms with van der Waals surface area (Å²) in [4.78, 5) is 11.2. The highest BCUT2D eigenvalue weighted by Crippen LogP contribution is 2.29. The summed E-state index contributed by atoms with van der Waals surface area (Å²) in [6, 6.07) is 10.6. The minimum absolute atomic E-state index is 0.0753. The topological polar surface area (TPSA) is 80.5 Å². The number of amides is 1. The molecule has 0 aliphatic heterocycles. The quantitative estimate of drug-likeness (QED) is 0.875. The number of sulfonamides is 1. The number of hydrogen-bond acceptors (Lipinski definition) is 3. The predicted molar refractivity (Wildman–Crippen MR) is 91.4 cm³/mol. The van der Waals surface area contributed by atoms with Crippen LogP contribution in [0.1, 0.15) is 5.56 Å². The third kappa shape index (κ3) is 3.96. The van der Waals surface area contributed by atoms with Gasteiger partial charge in [0.2, 0.25) is 5.91 Å². The van der Waals surface area contributed by atoms with Gasteiger partial charge in [0.1, 0.15) is 6.54 Å². The monoisotopic (exact) mass is 372 g/mol. The molecular weight excluding hydrogens is 359 g/mol. The number of rotatable bonds is 5. The van der Waals surface area contributed by atoms with Gasteiger partial charge >= 0.3 is 0 Å². The number of aryl methyl sites for hydroxylation is 1. The van der Waals surface area contributed by atoms with Gasteiger partial charge in [-0.05, 0) is 37.3 Å². The molecule has 2 N–H and O–H groups in total. The van der Waals surface area contributed by atoms with E-state index in [-0.39, 0.29) is 14.9 Å². The van der Waals surface area contributed by atoms with E-state index >= 15 is 0 Å². The van der Waals surface area contributed by atoms with Crippen molar-refractivity contribution in [3.63, 3.8) is 0 Å². The fourth-order valence-electron chi connectivity index (χ4n) is 1.93. The zero-order chi connectivity index (χ0) is 17.2. The summed E-state index contributed by atoms with van der Waals surface area (Å²) in [7, 11) is -4.01. The number of nitrogens with two attached hydrogens (primary N) is 1. The Morgan fingerprint density at radius 1 is 1.09 bits per heavy atom. The first-order valence-electron chi connectivity index (χ1n) is 6.54. The van der Waals surface area contributed by atoms with Crippen LogP contribution in [0, 0.1) is 6.92 Å². The highest BCUT2D eigenvalue weighted by Gasteiger charge is 2.27. The van der Waals surface area contributed by atoms with Crippen LogP contribution in [0.25, 0.3) is 0 Å². The molecule has 2 aromatic rings. The highest BCUT2D eigenvalue weighted by atomic mass is 35.5. The van der Waals surface area contributed by atoms with E-state index in [1.807, 2.05) is 6.92 Å². The van der Waals surface area contributed by atoms with Crippen molar-refractivity contribution in [3.8, 4) is 0 Å². The van der Waals surface area contributed by atoms with E-state index in [0.717, 1.165) is 9.87 Å². The number of hydrogen-bond donors (Lipinski definition) is 1. The molecule has 0 aliphatic rings. The lowest BCUT2D eigenvalue weighted by Crippen LogP contribution is -2.38. The number of nitrogens with zero attached hydrogens (tertiary/aromatic N) is 1. The first-order chi connectivity index (χ1) is 10.7. The number of benzene rings is 2. The fraction of sp³-hybridized carbons (Fsp3) is 0.133. The SMILES string of the molecule is Cc1ccc(N(CC(N)=O)S(=O)(=O)c2ccc(Cl)c(Cl)c2)cc1. The molecule has 2 aromatic carbocycles. The molecule has 0 atom stereocenters. The molecule has 0 fully saturated rings. The Morgan fingerprint density at radius 2 is 1.70 bits per heavy atom. The second kappa shape index (κ2) is 6.78. The van der Waals surface area contributed by atoms with Crippen molar-refractivity contribution < 1.29 is 13.2 Å². The van der Waals surface area contributed by atoms with Crippen LogP contribution < -0.4 is 10.0 Å². The van der Waals surface area contributed by atoms with Crippen LogP contribution in [-0.2, 0) is 14.8 Å². The lowest BCUT2D eigenvalue weighted by molar-refractivity contribution is -0.116. The van der Waals surface area contributed by atoms with Gasteiger partial charge in [-0.15, -0.1) is 0 Å². The number of halogens is 2. The van der Waals surface area contributed by atoms with Crippen molar-refractivity contribution in [1.82, 2.24) is 0 Å². The standard InChI is InChI=1S/C15H14Cl2N2O3S/c1-10-2-4-11(5-3-10)19(9-15(18)20)23(21,22)12-6-7-13(16)14(17)8-12/h2-8H,9H2,1H3,(H2,18,20). The summed E-state index contributed by atoms with van der Waals surface area (Å²) in [6.07, 6.45) is 0. The number of carbonyl (C=O) groups excluding carboxylic acids is 1. The molecule has 5 nitrogen and oxygen atoms in total. The van der Waals surface area contributed by atoms with Crippen LogP contribution in [0.4, 0.5) is 5.69 Å². The van der Waals surface area contributed by atoms with Gasteiger partial charge in [-0.1, -0.05) is 40.9 Å². The maximum atomic E-state index is 12.8. The first-order valence-corrected chi connectivity index (χ1v) is 8.74. The minimum atomic E-state index is -4.01. The smallest absolute Gasteiger partial charge is 0.264 e. The van der Waals surface area contributed by atoms with Crippen molar-refractivity contribution in [1.29, 1.82) is 0 Å². The van der Waals surface area contributed by atoms with E-state index in [0.29, 0.717) is 5.69 Å². The normalized spacial score (nSPS) is 11.3. The van der Waals surface area contributed by atoms with Gasteiger partial charge < -0.3 is 5.73 Å². The number of carbonyl (C=O) groups is 1. The molecule has 0 spiro atoms. The average Bonchev–Trinajstić information content (AvgIpc) is 2.48. The van der Waals surface area contributed by atoms with Gasteiger partial charge in [0, 0.05) is 0 Å². The zero-order valence-corrected chi connectivity index (χ0v) is 14.5. The fourth-order valence-corrected chi connectivity index (χ4v) is 3.75. The Bertz CT molecular complexity index is 836. The molecule has 0 aliphatic carbocycles. The van der Waals surface area contributed by atoms with E-state index in [4.69, 9.17) is 28.9 Å². The Hall–Kier alpha value is -1.76. The Balaban J connectivity index is 2.54. The molecule has 2 rings (SSSR count). The molecule has 0 radical (unpaired) electrons. The van der Waals surface area contributed by atoms with E-state index in [1.165, 1.54) is 18.2 Å². The molecule has 0 heterocycles. The van der Waals surface area contributed by atoms with Crippen molar-refractivity contribution in [2.45, 2.75) is 11.8 Å². The summed E-state index contributed by atoms with van der Waals surface area (Å²) >= 11 is 11.7. The van der Waals surface area contributed by atoms with Crippen LogP contribution in [0.2, 0.25) is 10.0 Å². The lowest BCUT2D eigenvalue weighted by atomic mass is 10.2. The predicted octanol–water partition coefficient (Wildman–Crippen LogP) is 2.98. The molecule has 1 amide bonds. The number of primary amides is 1. The van der Waals surface area contributed by atoms with E-state index in [1.54, 1.807) is 24.3 Å². The summed E-state index contributed by atoms with van der Waals surface area (Å²) in [5.41, 5.74) is 6.49. The maximum Gasteiger partial charge on any atom is 0.264 e. The van der Waals surface area contributed by atoms with E-state index in [2.05, 4.69) is 0 Å². The second-order valence-corrected chi connectivity index (χ2v) is 7.57. The van der Waals surface area contributed by atoms with E-state index < -0.39 is 22.5 Å². The molecule has 0 unspecified atom stereocenters. The molecule has 0 saturated heterocycles. The molecule has 23 heavy (non-hydrogen) atoms. The van der Waals surface area contributed by atoms with Crippen LogP contribution in [0.5, 0.6) is 0 Å². The molecule has 0 bridgehead atoms. The van der Waals surface area contributed by atoms with Gasteiger partial charge in [-0.25, -0.2) is 8.42 Å². The van der Waals surface area contributed by atoms with Crippen molar-refractivity contribution >= 4 is 44.8 Å². The van der Waals surface area contributed by atoms with Crippen molar-refractivity contribution in [3.05, 3.63) is 58.1 Å². The summed E-state index contributed by atoms with van der Waals surface area (Å²) < 4.78 is 26.6. The van der Waals surface area contributed by atoms with Crippen LogP contribution in [0.3, 0.4) is 0 Å². The Labute approximate surface area is 144 Å². The summed E-state index contributed by atoms with van der Waals surface area (Å²) in [5.74, 6) is -0.769. The third-order valence-corrected chi connectivity index (χ3v) is 5.61. The zero-order valence-electron chi connectivity index (χ0n) is 12.2. The number of anilines is 1. The van der Waals surface area contributed by atoms with Gasteiger partial charge in [0.15, 0.2) is 0 Å². The molecule has 0 aromatic heterocycles. The van der Waals surface area contributed by atoms with Crippen LogP contribution in [-0.4, -0.2) is 20.9 Å². The Kier molecular flexibility index (Phi) is 5.19. The molecule has 122 valence electrons. The van der Waals surface area contributed by atoms with Crippen molar-refractivity contribution in [2.75, 3.05) is 10.8 Å². The van der Waals surface area contributed by atoms with Gasteiger partial charge in [-0.2, -0.15) is 0 Å². The highest BCUT2D eigenvalue weighted by molar-refractivity contribution is 7.92. The Morgan fingerprint density at radius 3 is 2.22 bits per heavy atom. The average molecular weight is 373 g/mol. The van der Waals surface area contributed by atoms with Gasteiger partial charge in [0.25, 0.3) is 10.0 Å². The third-order valence-electron chi connectivity index (χ3n) is 3.10. The summed E-state index contributed by atoms with van der Waals surface area (Å²) in [5, 5.41) is 0.345. The summed E-state index contributed by atoms with van der Waals surface area (Å²) in [6.45, 7) is 1.39. The second-order valence-electron chi connectivity index (χ2n) is 4.89. The maximum absolute atomic E-state index is 12.8. The van der Waals surface area contributed by atoms with E-state index in [9.17, 15) is 13.2 Å². The lowest BCUT2D eigenvalue weighted by Gasteiger charge is -2.23. The molecule has 8 heteroatoms. The molecular formula is C15H14Cl2N2O3S. The first kappa shape index (κ1) is 17.6. The molecule has 0 saturated carbocycles. The van der Waals surface area contributed by atoms with Gasteiger partial charge in [-0.3, -0.25) is 9.10 Å².